The van der Waals surface area contributed by atoms with Crippen LogP contribution in [0.3, 0.4) is 0 Å². The van der Waals surface area contributed by atoms with Gasteiger partial charge in [0, 0.05) is 11.4 Å². The van der Waals surface area contributed by atoms with E-state index in [9.17, 15) is 10.1 Å². The Balaban J connectivity index is 2.07. The van der Waals surface area contributed by atoms with E-state index in [2.05, 4.69) is 16.1 Å². The lowest BCUT2D eigenvalue weighted by molar-refractivity contribution is -0.144. The third kappa shape index (κ3) is 2.34. The van der Waals surface area contributed by atoms with E-state index in [1.807, 2.05) is 6.92 Å². The van der Waals surface area contributed by atoms with Gasteiger partial charge in [-0.3, -0.25) is 4.79 Å². The molecule has 0 radical (unpaired) electrons. The smallest absolute Gasteiger partial charge is 0.310 e. The molecule has 1 N–H and O–H groups in total. The van der Waals surface area contributed by atoms with E-state index >= 15 is 0 Å². The van der Waals surface area contributed by atoms with Gasteiger partial charge in [0.1, 0.15) is 11.1 Å². The van der Waals surface area contributed by atoms with Gasteiger partial charge in [-0.1, -0.05) is 6.92 Å². The van der Waals surface area contributed by atoms with Crippen LogP contribution in [0.1, 0.15) is 29.3 Å². The van der Waals surface area contributed by atoms with Crippen LogP contribution >= 0.6 is 11.3 Å². The van der Waals surface area contributed by atoms with E-state index in [1.54, 1.807) is 11.3 Å². The number of thiophene rings is 1. The Morgan fingerprint density at radius 1 is 1.61 bits per heavy atom. The number of rotatable bonds is 4. The van der Waals surface area contributed by atoms with Crippen LogP contribution in [0.2, 0.25) is 0 Å². The number of ether oxygens (including phenoxy) is 1. The average molecular weight is 264 g/mol. The van der Waals surface area contributed by atoms with Gasteiger partial charge < -0.3 is 10.1 Å². The number of hydrogen-bond donors (Lipinski definition) is 1. The van der Waals surface area contributed by atoms with Gasteiger partial charge in [0.2, 0.25) is 0 Å². The summed E-state index contributed by atoms with van der Waals surface area (Å²) in [5.74, 6) is -0.441. The summed E-state index contributed by atoms with van der Waals surface area (Å²) < 4.78 is 4.68. The van der Waals surface area contributed by atoms with E-state index in [0.29, 0.717) is 6.54 Å². The zero-order valence-corrected chi connectivity index (χ0v) is 11.4. The number of nitrogens with one attached hydrogen (secondary N) is 1. The van der Waals surface area contributed by atoms with Crippen molar-refractivity contribution in [3.05, 3.63) is 16.0 Å². The van der Waals surface area contributed by atoms with Crippen LogP contribution in [-0.2, 0) is 22.4 Å². The summed E-state index contributed by atoms with van der Waals surface area (Å²) in [6.07, 6.45) is 3.22. The number of hydrogen-bond acceptors (Lipinski definition) is 5. The molecule has 0 saturated carbocycles. The van der Waals surface area contributed by atoms with Crippen molar-refractivity contribution < 1.29 is 9.53 Å². The summed E-state index contributed by atoms with van der Waals surface area (Å²) in [5, 5.41) is 13.3. The molecule has 96 valence electrons. The molecule has 1 aliphatic rings. The van der Waals surface area contributed by atoms with Gasteiger partial charge in [-0.05, 0) is 24.8 Å². The van der Waals surface area contributed by atoms with Crippen molar-refractivity contribution in [3.63, 3.8) is 0 Å². The molecule has 2 rings (SSSR count). The van der Waals surface area contributed by atoms with Gasteiger partial charge in [0.15, 0.2) is 0 Å². The highest BCUT2D eigenvalue weighted by Gasteiger charge is 2.22. The molecular formula is C13H16N2O2S. The highest BCUT2D eigenvalue weighted by Crippen LogP contribution is 2.38. The van der Waals surface area contributed by atoms with Gasteiger partial charge in [0.05, 0.1) is 18.6 Å². The molecule has 0 spiro atoms. The first kappa shape index (κ1) is 12.9. The Bertz CT molecular complexity index is 502. The van der Waals surface area contributed by atoms with E-state index in [0.717, 1.165) is 29.8 Å². The predicted molar refractivity (Wildman–Crippen MR) is 70.7 cm³/mol. The number of carbonyl (C=O) groups is 1. The molecule has 4 nitrogen and oxygen atoms in total. The lowest BCUT2D eigenvalue weighted by atomic mass is 10.1. The number of esters is 1. The van der Waals surface area contributed by atoms with Gasteiger partial charge in [-0.15, -0.1) is 11.3 Å². The molecule has 0 amide bonds. The van der Waals surface area contributed by atoms with Crippen molar-refractivity contribution in [3.8, 4) is 6.07 Å². The molecule has 1 aromatic heterocycles. The van der Waals surface area contributed by atoms with Crippen LogP contribution in [-0.4, -0.2) is 19.6 Å². The topological polar surface area (TPSA) is 62.1 Å². The highest BCUT2D eigenvalue weighted by molar-refractivity contribution is 7.16. The summed E-state index contributed by atoms with van der Waals surface area (Å²) in [4.78, 5) is 12.6. The quantitative estimate of drug-likeness (QED) is 0.848. The van der Waals surface area contributed by atoms with Crippen molar-refractivity contribution in [1.29, 1.82) is 5.26 Å². The van der Waals surface area contributed by atoms with Gasteiger partial charge in [0.25, 0.3) is 0 Å². The minimum Gasteiger partial charge on any atom is -0.469 e. The molecule has 0 bridgehead atoms. The van der Waals surface area contributed by atoms with Crippen LogP contribution in [0.5, 0.6) is 0 Å². The first-order valence-corrected chi connectivity index (χ1v) is 6.85. The maximum absolute atomic E-state index is 11.3. The van der Waals surface area contributed by atoms with E-state index in [1.165, 1.54) is 17.6 Å². The zero-order valence-electron chi connectivity index (χ0n) is 10.6. The number of methoxy groups -OCH3 is 1. The minimum absolute atomic E-state index is 0.210. The molecule has 0 aliphatic heterocycles. The Labute approximate surface area is 111 Å². The molecule has 1 unspecified atom stereocenters. The van der Waals surface area contributed by atoms with Gasteiger partial charge >= 0.3 is 5.97 Å². The monoisotopic (exact) mass is 264 g/mol. The molecule has 1 heterocycles. The number of anilines is 1. The van der Waals surface area contributed by atoms with Crippen LogP contribution < -0.4 is 5.32 Å². The summed E-state index contributed by atoms with van der Waals surface area (Å²) in [6, 6.07) is 2.27. The third-order valence-electron chi connectivity index (χ3n) is 3.21. The molecule has 0 saturated heterocycles. The van der Waals surface area contributed by atoms with E-state index < -0.39 is 0 Å². The first-order chi connectivity index (χ1) is 8.67. The Morgan fingerprint density at radius 2 is 2.39 bits per heavy atom. The number of aryl methyl sites for hydroxylation is 1. The molecule has 1 aromatic rings. The second-order valence-electron chi connectivity index (χ2n) is 4.48. The van der Waals surface area contributed by atoms with E-state index in [-0.39, 0.29) is 11.9 Å². The lowest BCUT2D eigenvalue weighted by Crippen LogP contribution is -2.21. The third-order valence-corrected chi connectivity index (χ3v) is 4.45. The molecule has 1 aliphatic carbocycles. The second-order valence-corrected chi connectivity index (χ2v) is 5.58. The van der Waals surface area contributed by atoms with Crippen LogP contribution in [0.25, 0.3) is 0 Å². The molecule has 0 aromatic carbocycles. The first-order valence-electron chi connectivity index (χ1n) is 6.03. The molecule has 5 heteroatoms. The van der Waals surface area contributed by atoms with Gasteiger partial charge in [-0.25, -0.2) is 0 Å². The largest absolute Gasteiger partial charge is 0.469 e. The predicted octanol–water partition coefficient (Wildman–Crippen LogP) is 2.33. The molecule has 1 atom stereocenters. The van der Waals surface area contributed by atoms with Gasteiger partial charge in [-0.2, -0.15) is 5.26 Å². The van der Waals surface area contributed by atoms with Crippen LogP contribution in [0.4, 0.5) is 5.00 Å². The normalized spacial score (nSPS) is 14.7. The van der Waals surface area contributed by atoms with Crippen molar-refractivity contribution >= 4 is 22.3 Å². The standard InChI is InChI=1S/C13H16N2O2S/c1-8(13(16)17-2)7-15-12-10(6-14)9-4-3-5-11(9)18-12/h8,15H,3-5,7H2,1-2H3. The number of nitrogens with zero attached hydrogens (tertiary/aromatic N) is 1. The zero-order chi connectivity index (χ0) is 13.1. The molecular weight excluding hydrogens is 248 g/mol. The highest BCUT2D eigenvalue weighted by atomic mass is 32.1. The van der Waals surface area contributed by atoms with Crippen molar-refractivity contribution in [1.82, 2.24) is 0 Å². The van der Waals surface area contributed by atoms with E-state index in [4.69, 9.17) is 0 Å². The maximum Gasteiger partial charge on any atom is 0.310 e. The second kappa shape index (κ2) is 5.40. The van der Waals surface area contributed by atoms with Crippen molar-refractivity contribution in [2.45, 2.75) is 26.2 Å². The Kier molecular flexibility index (Phi) is 3.87. The minimum atomic E-state index is -0.231. The average Bonchev–Trinajstić information content (AvgIpc) is 2.94. The fraction of sp³-hybridized carbons (Fsp3) is 0.538. The van der Waals surface area contributed by atoms with Crippen LogP contribution in [0.15, 0.2) is 0 Å². The number of nitriles is 1. The SMILES string of the molecule is COC(=O)C(C)CNc1sc2c(c1C#N)CCC2. The van der Waals surface area contributed by atoms with Crippen molar-refractivity contribution in [2.24, 2.45) is 5.92 Å². The lowest BCUT2D eigenvalue weighted by Gasteiger charge is -2.10. The number of carbonyl (C=O) groups excluding carboxylic acids is 1. The van der Waals surface area contributed by atoms with Crippen LogP contribution in [0, 0.1) is 17.2 Å². The summed E-state index contributed by atoms with van der Waals surface area (Å²) in [5.41, 5.74) is 1.97. The fourth-order valence-electron chi connectivity index (χ4n) is 2.18. The van der Waals surface area contributed by atoms with Crippen molar-refractivity contribution in [2.75, 3.05) is 19.0 Å². The Morgan fingerprint density at radius 3 is 3.06 bits per heavy atom. The number of fused-ring (bicyclic) bond motifs is 1. The maximum atomic E-state index is 11.3. The summed E-state index contributed by atoms with van der Waals surface area (Å²) >= 11 is 1.65. The fourth-order valence-corrected chi connectivity index (χ4v) is 3.42. The summed E-state index contributed by atoms with van der Waals surface area (Å²) in [6.45, 7) is 2.31. The Hall–Kier alpha value is -1.54. The molecule has 0 fully saturated rings. The summed E-state index contributed by atoms with van der Waals surface area (Å²) in [7, 11) is 1.39. The molecule has 18 heavy (non-hydrogen) atoms.